The van der Waals surface area contributed by atoms with Crippen LogP contribution in [0.25, 0.3) is 0 Å². The van der Waals surface area contributed by atoms with Crippen LogP contribution in [0.15, 0.2) is 23.1 Å². The Balaban J connectivity index is 0.00000112. The standard InChI is InChI=1S/C9H11FN2OS.2ClH/c10-6-1-2-9-7(5-6)8(11)3-4-14(9,12)13;;/h1-2,5,8,12H,3-4,11H2;2*1H. The molecule has 16 heavy (non-hydrogen) atoms. The van der Waals surface area contributed by atoms with E-state index in [4.69, 9.17) is 10.5 Å². The molecule has 2 unspecified atom stereocenters. The van der Waals surface area contributed by atoms with Gasteiger partial charge in [-0.2, -0.15) is 0 Å². The fraction of sp³-hybridized carbons (Fsp3) is 0.333. The van der Waals surface area contributed by atoms with Crippen molar-refractivity contribution in [1.82, 2.24) is 0 Å². The van der Waals surface area contributed by atoms with Crippen LogP contribution in [0.3, 0.4) is 0 Å². The van der Waals surface area contributed by atoms with Gasteiger partial charge in [-0.15, -0.1) is 24.8 Å². The van der Waals surface area contributed by atoms with Gasteiger partial charge < -0.3 is 5.73 Å². The quantitative estimate of drug-likeness (QED) is 0.769. The van der Waals surface area contributed by atoms with Crippen LogP contribution in [0.2, 0.25) is 0 Å². The summed E-state index contributed by atoms with van der Waals surface area (Å²) in [5.41, 5.74) is 6.29. The Labute approximate surface area is 106 Å². The maximum absolute atomic E-state index is 12.9. The zero-order chi connectivity index (χ0) is 10.3. The van der Waals surface area contributed by atoms with E-state index in [9.17, 15) is 8.60 Å². The molecule has 0 fully saturated rings. The van der Waals surface area contributed by atoms with Crippen LogP contribution >= 0.6 is 24.8 Å². The van der Waals surface area contributed by atoms with E-state index in [0.29, 0.717) is 16.9 Å². The highest BCUT2D eigenvalue weighted by molar-refractivity contribution is 7.92. The molecule has 1 aromatic rings. The molecule has 0 saturated carbocycles. The fourth-order valence-corrected chi connectivity index (χ4v) is 3.35. The normalized spacial score (nSPS) is 27.2. The Kier molecular flexibility index (Phi) is 5.19. The smallest absolute Gasteiger partial charge is 0.123 e. The van der Waals surface area contributed by atoms with E-state index in [0.717, 1.165) is 0 Å². The summed E-state index contributed by atoms with van der Waals surface area (Å²) in [7, 11) is -2.74. The van der Waals surface area contributed by atoms with E-state index in [-0.39, 0.29) is 36.6 Å². The van der Waals surface area contributed by atoms with Gasteiger partial charge in [-0.1, -0.05) is 0 Å². The summed E-state index contributed by atoms with van der Waals surface area (Å²) >= 11 is 0. The highest BCUT2D eigenvalue weighted by Gasteiger charge is 2.25. The molecule has 0 bridgehead atoms. The average molecular weight is 287 g/mol. The third kappa shape index (κ3) is 2.66. The first-order valence-electron chi connectivity index (χ1n) is 4.32. The van der Waals surface area contributed by atoms with E-state index in [2.05, 4.69) is 0 Å². The number of benzene rings is 1. The van der Waals surface area contributed by atoms with Crippen molar-refractivity contribution in [2.24, 2.45) is 5.73 Å². The molecule has 1 aliphatic heterocycles. The maximum Gasteiger partial charge on any atom is 0.123 e. The molecule has 3 nitrogen and oxygen atoms in total. The Morgan fingerprint density at radius 1 is 1.44 bits per heavy atom. The Morgan fingerprint density at radius 2 is 2.06 bits per heavy atom. The molecule has 0 spiro atoms. The SMILES string of the molecule is Cl.Cl.N=S1(=O)CCC(N)c2cc(F)ccc21. The predicted molar refractivity (Wildman–Crippen MR) is 66.4 cm³/mol. The third-order valence-corrected chi connectivity index (χ3v) is 4.34. The van der Waals surface area contributed by atoms with E-state index >= 15 is 0 Å². The lowest BCUT2D eigenvalue weighted by Gasteiger charge is -2.23. The number of nitrogens with two attached hydrogens (primary N) is 1. The summed E-state index contributed by atoms with van der Waals surface area (Å²) in [6.45, 7) is 0. The van der Waals surface area contributed by atoms with Gasteiger partial charge in [0.15, 0.2) is 0 Å². The molecular formula is C9H13Cl2FN2OS. The van der Waals surface area contributed by atoms with E-state index < -0.39 is 15.5 Å². The monoisotopic (exact) mass is 286 g/mol. The maximum atomic E-state index is 12.9. The molecule has 2 rings (SSSR count). The second-order valence-corrected chi connectivity index (χ2v) is 5.66. The number of hydrogen-bond acceptors (Lipinski definition) is 3. The number of rotatable bonds is 0. The van der Waals surface area contributed by atoms with Crippen molar-refractivity contribution >= 4 is 34.5 Å². The second-order valence-electron chi connectivity index (χ2n) is 3.46. The van der Waals surface area contributed by atoms with Gasteiger partial charge in [0, 0.05) is 11.8 Å². The molecule has 0 aliphatic carbocycles. The molecule has 1 heterocycles. The lowest BCUT2D eigenvalue weighted by Crippen LogP contribution is -2.24. The topological polar surface area (TPSA) is 66.9 Å². The molecule has 92 valence electrons. The van der Waals surface area contributed by atoms with Crippen molar-refractivity contribution in [3.8, 4) is 0 Å². The number of halogens is 3. The zero-order valence-electron chi connectivity index (χ0n) is 8.31. The van der Waals surface area contributed by atoms with Gasteiger partial charge >= 0.3 is 0 Å². The molecule has 1 aliphatic rings. The summed E-state index contributed by atoms with van der Waals surface area (Å²) in [5, 5.41) is 0. The Morgan fingerprint density at radius 3 is 2.69 bits per heavy atom. The van der Waals surface area contributed by atoms with E-state index in [1.165, 1.54) is 18.2 Å². The molecule has 0 amide bonds. The minimum atomic E-state index is -2.74. The summed E-state index contributed by atoms with van der Waals surface area (Å²) in [6, 6.07) is 3.64. The van der Waals surface area contributed by atoms with Crippen molar-refractivity contribution in [1.29, 1.82) is 4.78 Å². The van der Waals surface area contributed by atoms with Gasteiger partial charge in [-0.25, -0.2) is 13.4 Å². The summed E-state index contributed by atoms with van der Waals surface area (Å²) in [6.07, 6.45) is 0.485. The predicted octanol–water partition coefficient (Wildman–Crippen LogP) is 2.48. The Hall–Kier alpha value is -0.360. The minimum absolute atomic E-state index is 0. The van der Waals surface area contributed by atoms with E-state index in [1.807, 2.05) is 0 Å². The molecule has 0 aromatic heterocycles. The van der Waals surface area contributed by atoms with Crippen LogP contribution in [0.4, 0.5) is 4.39 Å². The van der Waals surface area contributed by atoms with Crippen LogP contribution in [-0.4, -0.2) is 9.96 Å². The molecule has 1 aromatic carbocycles. The summed E-state index contributed by atoms with van der Waals surface area (Å²) in [5.74, 6) is -0.122. The van der Waals surface area contributed by atoms with Gasteiger partial charge in [0.25, 0.3) is 0 Å². The van der Waals surface area contributed by atoms with Crippen LogP contribution in [0.1, 0.15) is 18.0 Å². The molecular weight excluding hydrogens is 274 g/mol. The number of fused-ring (bicyclic) bond motifs is 1. The van der Waals surface area contributed by atoms with Gasteiger partial charge in [-0.3, -0.25) is 0 Å². The van der Waals surface area contributed by atoms with Gasteiger partial charge in [0.1, 0.15) is 5.82 Å². The average Bonchev–Trinajstić information content (AvgIpc) is 2.12. The van der Waals surface area contributed by atoms with Crippen molar-refractivity contribution in [2.45, 2.75) is 17.4 Å². The number of hydrogen-bond donors (Lipinski definition) is 2. The van der Waals surface area contributed by atoms with Crippen molar-refractivity contribution in [3.05, 3.63) is 29.6 Å². The molecule has 2 atom stereocenters. The van der Waals surface area contributed by atoms with E-state index in [1.54, 1.807) is 0 Å². The summed E-state index contributed by atoms with van der Waals surface area (Å²) < 4.78 is 32.3. The van der Waals surface area contributed by atoms with Crippen LogP contribution in [-0.2, 0) is 9.73 Å². The number of nitrogens with one attached hydrogen (secondary N) is 1. The fourth-order valence-electron chi connectivity index (χ4n) is 1.67. The minimum Gasteiger partial charge on any atom is -0.324 e. The first-order chi connectivity index (χ1) is 6.50. The Bertz CT molecular complexity index is 478. The summed E-state index contributed by atoms with van der Waals surface area (Å²) in [4.78, 5) is 0.401. The molecule has 0 saturated heterocycles. The first-order valence-corrected chi connectivity index (χ1v) is 6.05. The van der Waals surface area contributed by atoms with Gasteiger partial charge in [0.2, 0.25) is 0 Å². The van der Waals surface area contributed by atoms with Crippen molar-refractivity contribution < 1.29 is 8.60 Å². The van der Waals surface area contributed by atoms with Crippen LogP contribution < -0.4 is 5.73 Å². The third-order valence-electron chi connectivity index (χ3n) is 2.44. The van der Waals surface area contributed by atoms with Gasteiger partial charge in [0.05, 0.1) is 14.6 Å². The van der Waals surface area contributed by atoms with Crippen molar-refractivity contribution in [2.75, 3.05) is 5.75 Å². The lowest BCUT2D eigenvalue weighted by atomic mass is 10.1. The second kappa shape index (κ2) is 5.31. The lowest BCUT2D eigenvalue weighted by molar-refractivity contribution is 0.599. The first kappa shape index (κ1) is 15.6. The van der Waals surface area contributed by atoms with Gasteiger partial charge in [-0.05, 0) is 30.2 Å². The molecule has 0 radical (unpaired) electrons. The largest absolute Gasteiger partial charge is 0.324 e. The molecule has 3 N–H and O–H groups in total. The van der Waals surface area contributed by atoms with Crippen LogP contribution in [0, 0.1) is 10.6 Å². The van der Waals surface area contributed by atoms with Crippen molar-refractivity contribution in [3.63, 3.8) is 0 Å². The molecule has 7 heteroatoms. The highest BCUT2D eigenvalue weighted by Crippen LogP contribution is 2.31. The zero-order valence-corrected chi connectivity index (χ0v) is 10.8. The van der Waals surface area contributed by atoms with Crippen LogP contribution in [0.5, 0.6) is 0 Å². The highest BCUT2D eigenvalue weighted by atomic mass is 35.5.